The third kappa shape index (κ3) is 4.98. The van der Waals surface area contributed by atoms with Crippen molar-refractivity contribution in [1.29, 1.82) is 0 Å². The number of nitrogens with zero attached hydrogens (tertiary/aromatic N) is 1. The topological polar surface area (TPSA) is 42.7 Å². The minimum absolute atomic E-state index is 0.822. The Bertz CT molecular complexity index is 3830. The molecule has 0 atom stereocenters. The molecule has 3 aromatic heterocycles. The van der Waals surface area contributed by atoms with Crippen molar-refractivity contribution in [3.05, 3.63) is 200 Å². The molecule has 0 amide bonds. The lowest BCUT2D eigenvalue weighted by atomic mass is 9.97. The molecule has 0 aliphatic heterocycles. The van der Waals surface area contributed by atoms with E-state index in [-0.39, 0.29) is 0 Å². The Balaban J connectivity index is 0.945. The molecule has 0 aliphatic carbocycles. The van der Waals surface area contributed by atoms with Crippen LogP contribution in [-0.2, 0) is 0 Å². The van der Waals surface area contributed by atoms with Gasteiger partial charge in [0.2, 0.25) is 0 Å². The van der Waals surface area contributed by atoms with Gasteiger partial charge in [-0.15, -0.1) is 0 Å². The van der Waals surface area contributed by atoms with Gasteiger partial charge in [0.1, 0.15) is 33.5 Å². The first kappa shape index (κ1) is 32.9. The number of fused-ring (bicyclic) bond motifs is 12. The molecular formula is C56H33NO3. The van der Waals surface area contributed by atoms with Crippen molar-refractivity contribution in [2.75, 3.05) is 4.90 Å². The van der Waals surface area contributed by atoms with Crippen LogP contribution in [0.4, 0.5) is 17.1 Å². The fourth-order valence-corrected chi connectivity index (χ4v) is 9.43. The number of anilines is 3. The Morgan fingerprint density at radius 2 is 0.817 bits per heavy atom. The first-order chi connectivity index (χ1) is 29.7. The van der Waals surface area contributed by atoms with Gasteiger partial charge in [0.05, 0.1) is 5.69 Å². The molecule has 0 radical (unpaired) electrons. The average Bonchev–Trinajstić information content (AvgIpc) is 3.99. The molecule has 0 fully saturated rings. The summed E-state index contributed by atoms with van der Waals surface area (Å²) < 4.78 is 18.8. The molecule has 13 aromatic rings. The van der Waals surface area contributed by atoms with Gasteiger partial charge in [0.15, 0.2) is 0 Å². The van der Waals surface area contributed by atoms with Gasteiger partial charge in [0, 0.05) is 55.1 Å². The van der Waals surface area contributed by atoms with Gasteiger partial charge in [-0.05, 0) is 105 Å². The molecule has 0 spiro atoms. The zero-order chi connectivity index (χ0) is 39.3. The van der Waals surface area contributed by atoms with Gasteiger partial charge >= 0.3 is 0 Å². The second-order valence-electron chi connectivity index (χ2n) is 15.6. The van der Waals surface area contributed by atoms with Crippen molar-refractivity contribution in [2.45, 2.75) is 0 Å². The molecule has 60 heavy (non-hydrogen) atoms. The molecule has 0 bridgehead atoms. The minimum atomic E-state index is 0.822. The van der Waals surface area contributed by atoms with E-state index in [9.17, 15) is 0 Å². The van der Waals surface area contributed by atoms with Crippen molar-refractivity contribution in [2.24, 2.45) is 0 Å². The van der Waals surface area contributed by atoms with Crippen LogP contribution >= 0.6 is 0 Å². The molecule has 280 valence electrons. The van der Waals surface area contributed by atoms with Crippen LogP contribution in [0.2, 0.25) is 0 Å². The number of benzene rings is 10. The zero-order valence-electron chi connectivity index (χ0n) is 32.2. The molecule has 13 rings (SSSR count). The highest BCUT2D eigenvalue weighted by atomic mass is 16.3. The summed E-state index contributed by atoms with van der Waals surface area (Å²) in [5, 5.41) is 11.5. The summed E-state index contributed by atoms with van der Waals surface area (Å²) in [4.78, 5) is 2.39. The number of rotatable bonds is 5. The molecule has 4 nitrogen and oxygen atoms in total. The Morgan fingerprint density at radius 1 is 0.283 bits per heavy atom. The number of furan rings is 3. The van der Waals surface area contributed by atoms with Gasteiger partial charge in [-0.3, -0.25) is 0 Å². The lowest BCUT2D eigenvalue weighted by Crippen LogP contribution is -2.10. The Labute approximate surface area is 343 Å². The highest BCUT2D eigenvalue weighted by molar-refractivity contribution is 6.17. The summed E-state index contributed by atoms with van der Waals surface area (Å²) in [6.07, 6.45) is 0. The second-order valence-corrected chi connectivity index (χ2v) is 15.6. The quantitative estimate of drug-likeness (QED) is 0.164. The number of hydrogen-bond acceptors (Lipinski definition) is 4. The van der Waals surface area contributed by atoms with E-state index in [4.69, 9.17) is 13.3 Å². The van der Waals surface area contributed by atoms with Gasteiger partial charge in [-0.25, -0.2) is 0 Å². The molecule has 0 aliphatic rings. The van der Waals surface area contributed by atoms with Crippen LogP contribution in [0.15, 0.2) is 213 Å². The van der Waals surface area contributed by atoms with Crippen LogP contribution in [-0.4, -0.2) is 0 Å². The average molecular weight is 768 g/mol. The summed E-state index contributed by atoms with van der Waals surface area (Å²) in [7, 11) is 0. The van der Waals surface area contributed by atoms with E-state index in [1.54, 1.807) is 0 Å². The monoisotopic (exact) mass is 767 g/mol. The van der Waals surface area contributed by atoms with Gasteiger partial charge in [-0.1, -0.05) is 127 Å². The van der Waals surface area contributed by atoms with Crippen LogP contribution in [0.5, 0.6) is 0 Å². The predicted octanol–water partition coefficient (Wildman–Crippen LogP) is 16.5. The Morgan fingerprint density at radius 3 is 1.58 bits per heavy atom. The fourth-order valence-electron chi connectivity index (χ4n) is 9.43. The molecule has 3 heterocycles. The van der Waals surface area contributed by atoms with Crippen molar-refractivity contribution in [1.82, 2.24) is 0 Å². The normalized spacial score (nSPS) is 12.0. The maximum atomic E-state index is 6.36. The molecule has 4 heteroatoms. The summed E-state index contributed by atoms with van der Waals surface area (Å²) in [5.41, 5.74) is 13.0. The first-order valence-corrected chi connectivity index (χ1v) is 20.3. The van der Waals surface area contributed by atoms with Crippen LogP contribution in [0, 0.1) is 0 Å². The predicted molar refractivity (Wildman–Crippen MR) is 249 cm³/mol. The maximum absolute atomic E-state index is 6.36. The van der Waals surface area contributed by atoms with Crippen molar-refractivity contribution in [3.63, 3.8) is 0 Å². The summed E-state index contributed by atoms with van der Waals surface area (Å²) in [5.74, 6) is 0. The van der Waals surface area contributed by atoms with Crippen molar-refractivity contribution in [3.8, 4) is 22.3 Å². The summed E-state index contributed by atoms with van der Waals surface area (Å²) >= 11 is 0. The molecular weight excluding hydrogens is 735 g/mol. The maximum Gasteiger partial charge on any atom is 0.139 e. The molecule has 0 unspecified atom stereocenters. The highest BCUT2D eigenvalue weighted by Crippen LogP contribution is 2.44. The van der Waals surface area contributed by atoms with Crippen molar-refractivity contribution < 1.29 is 13.3 Å². The Kier molecular flexibility index (Phi) is 6.98. The smallest absolute Gasteiger partial charge is 0.139 e. The van der Waals surface area contributed by atoms with Crippen LogP contribution < -0.4 is 4.90 Å². The minimum Gasteiger partial charge on any atom is -0.456 e. The van der Waals surface area contributed by atoms with E-state index in [0.717, 1.165) is 105 Å². The van der Waals surface area contributed by atoms with E-state index < -0.39 is 0 Å². The van der Waals surface area contributed by atoms with E-state index in [0.29, 0.717) is 0 Å². The molecule has 10 aromatic carbocycles. The summed E-state index contributed by atoms with van der Waals surface area (Å²) in [6.45, 7) is 0. The standard InChI is InChI=1S/C56H33NO3/c1-2-11-40-37(10-1)31-49(43-13-4-3-12-42(40)43)57(39-27-22-35(23-28-39)41-16-9-19-53-56(41)45-15-6-8-18-51(45)58-53)38-25-20-34(21-26-38)36-24-29-52-46(30-36)48-32-47-44-14-5-7-17-50(44)59-54(47)33-55(48)60-52/h1-33H. The zero-order valence-corrected chi connectivity index (χ0v) is 32.2. The Hall–Kier alpha value is -8.08. The van der Waals surface area contributed by atoms with E-state index in [1.807, 2.05) is 30.3 Å². The van der Waals surface area contributed by atoms with Gasteiger partial charge in [0.25, 0.3) is 0 Å². The third-order valence-electron chi connectivity index (χ3n) is 12.3. The molecule has 0 saturated carbocycles. The van der Waals surface area contributed by atoms with E-state index in [1.165, 1.54) is 21.5 Å². The van der Waals surface area contributed by atoms with Gasteiger partial charge < -0.3 is 18.2 Å². The van der Waals surface area contributed by atoms with Gasteiger partial charge in [-0.2, -0.15) is 0 Å². The lowest BCUT2D eigenvalue weighted by Gasteiger charge is -2.28. The molecule has 0 N–H and O–H groups in total. The first-order valence-electron chi connectivity index (χ1n) is 20.3. The second kappa shape index (κ2) is 12.7. The van der Waals surface area contributed by atoms with E-state index in [2.05, 4.69) is 175 Å². The third-order valence-corrected chi connectivity index (χ3v) is 12.3. The lowest BCUT2D eigenvalue weighted by molar-refractivity contribution is 0.656. The van der Waals surface area contributed by atoms with Crippen LogP contribution in [0.25, 0.3) is 110 Å². The number of hydrogen-bond donors (Lipinski definition) is 0. The largest absolute Gasteiger partial charge is 0.456 e. The van der Waals surface area contributed by atoms with Crippen LogP contribution in [0.3, 0.4) is 0 Å². The SMILES string of the molecule is c1ccc2c(c1)cc(N(c1ccc(-c3ccc4oc5cc6oc7ccccc7c6cc5c4c3)cc1)c1ccc(-c3cccc4oc5ccccc5c34)cc1)c1ccccc12. The van der Waals surface area contributed by atoms with E-state index >= 15 is 0 Å². The van der Waals surface area contributed by atoms with Crippen molar-refractivity contribution >= 4 is 104 Å². The fraction of sp³-hybridized carbons (Fsp3) is 0. The number of para-hydroxylation sites is 2. The summed E-state index contributed by atoms with van der Waals surface area (Å²) in [6, 6.07) is 71.2. The molecule has 0 saturated heterocycles. The highest BCUT2D eigenvalue weighted by Gasteiger charge is 2.20. The van der Waals surface area contributed by atoms with Crippen LogP contribution in [0.1, 0.15) is 0 Å².